The van der Waals surface area contributed by atoms with Crippen LogP contribution in [0.5, 0.6) is 5.75 Å². The first-order chi connectivity index (χ1) is 7.21. The predicted molar refractivity (Wildman–Crippen MR) is 51.6 cm³/mol. The number of nitrogen functional groups attached to an aromatic ring is 2. The summed E-state index contributed by atoms with van der Waals surface area (Å²) in [5, 5.41) is 0. The largest absolute Gasteiger partial charge is 0.422 e. The zero-order valence-corrected chi connectivity index (χ0v) is 8.26. The lowest BCUT2D eigenvalue weighted by atomic mass is 10.1. The van der Waals surface area contributed by atoms with Crippen LogP contribution in [0.25, 0.3) is 0 Å². The molecule has 0 spiro atoms. The maximum Gasteiger partial charge on any atom is 0.416 e. The summed E-state index contributed by atoms with van der Waals surface area (Å²) in [6.45, 7) is 1.09. The minimum absolute atomic E-state index is 0.250. The van der Waals surface area contributed by atoms with E-state index in [1.54, 1.807) is 0 Å². The molecule has 1 aromatic carbocycles. The van der Waals surface area contributed by atoms with Crippen molar-refractivity contribution in [1.29, 1.82) is 0 Å². The van der Waals surface area contributed by atoms with Crippen molar-refractivity contribution in [1.82, 2.24) is 0 Å². The number of hydrogen-bond acceptors (Lipinski definition) is 4. The Kier molecular flexibility index (Phi) is 2.97. The first-order valence-electron chi connectivity index (χ1n) is 4.16. The lowest BCUT2D eigenvalue weighted by Gasteiger charge is -2.12. The van der Waals surface area contributed by atoms with E-state index in [1.165, 1.54) is 0 Å². The van der Waals surface area contributed by atoms with Gasteiger partial charge in [0.1, 0.15) is 0 Å². The number of ether oxygens (including phenoxy) is 1. The third-order valence-electron chi connectivity index (χ3n) is 1.72. The molecule has 0 atom stereocenters. The Balaban J connectivity index is 3.23. The third-order valence-corrected chi connectivity index (χ3v) is 1.72. The maximum atomic E-state index is 12.3. The van der Waals surface area contributed by atoms with E-state index in [9.17, 15) is 18.0 Å². The molecule has 0 aromatic heterocycles. The topological polar surface area (TPSA) is 78.3 Å². The van der Waals surface area contributed by atoms with Gasteiger partial charge in [-0.05, 0) is 12.1 Å². The van der Waals surface area contributed by atoms with Gasteiger partial charge in [0.15, 0.2) is 5.75 Å². The smallest absolute Gasteiger partial charge is 0.416 e. The van der Waals surface area contributed by atoms with Crippen LogP contribution in [0.4, 0.5) is 24.5 Å². The minimum Gasteiger partial charge on any atom is -0.422 e. The summed E-state index contributed by atoms with van der Waals surface area (Å²) >= 11 is 0. The van der Waals surface area contributed by atoms with Crippen LogP contribution in [0.1, 0.15) is 12.5 Å². The predicted octanol–water partition coefficient (Wildman–Crippen LogP) is 1.80. The van der Waals surface area contributed by atoms with Crippen molar-refractivity contribution in [2.24, 2.45) is 0 Å². The Morgan fingerprint density at radius 3 is 2.00 bits per heavy atom. The summed E-state index contributed by atoms with van der Waals surface area (Å²) in [7, 11) is 0. The normalized spacial score (nSPS) is 11.2. The number of rotatable bonds is 1. The molecule has 0 aliphatic rings. The number of alkyl halides is 3. The van der Waals surface area contributed by atoms with Crippen molar-refractivity contribution in [3.8, 4) is 5.75 Å². The van der Waals surface area contributed by atoms with Crippen molar-refractivity contribution < 1.29 is 22.7 Å². The van der Waals surface area contributed by atoms with E-state index in [0.29, 0.717) is 12.1 Å². The van der Waals surface area contributed by atoms with Crippen LogP contribution in [0, 0.1) is 0 Å². The summed E-state index contributed by atoms with van der Waals surface area (Å²) in [6, 6.07) is 1.32. The van der Waals surface area contributed by atoms with Crippen molar-refractivity contribution >= 4 is 17.3 Å². The molecule has 0 saturated heterocycles. The number of anilines is 2. The highest BCUT2D eigenvalue weighted by molar-refractivity contribution is 5.77. The van der Waals surface area contributed by atoms with Crippen molar-refractivity contribution in [3.63, 3.8) is 0 Å². The number of nitrogens with two attached hydrogens (primary N) is 2. The fourth-order valence-corrected chi connectivity index (χ4v) is 1.10. The van der Waals surface area contributed by atoms with E-state index >= 15 is 0 Å². The van der Waals surface area contributed by atoms with E-state index in [1.807, 2.05) is 0 Å². The standard InChI is InChI=1S/C9H9F3N2O2/c1-4(15)16-8-6(13)2-5(3-7(8)14)9(10,11)12/h2-3H,13-14H2,1H3. The maximum absolute atomic E-state index is 12.3. The lowest BCUT2D eigenvalue weighted by molar-refractivity contribution is -0.137. The second-order valence-corrected chi connectivity index (χ2v) is 3.08. The second kappa shape index (κ2) is 3.92. The van der Waals surface area contributed by atoms with Crippen LogP contribution in [0.3, 0.4) is 0 Å². The number of halogens is 3. The molecular weight excluding hydrogens is 225 g/mol. The summed E-state index contributed by atoms with van der Waals surface area (Å²) in [4.78, 5) is 10.6. The zero-order chi connectivity index (χ0) is 12.5. The highest BCUT2D eigenvalue weighted by Gasteiger charge is 2.32. The monoisotopic (exact) mass is 234 g/mol. The molecule has 1 rings (SSSR count). The van der Waals surface area contributed by atoms with E-state index in [-0.39, 0.29) is 17.1 Å². The first-order valence-corrected chi connectivity index (χ1v) is 4.16. The van der Waals surface area contributed by atoms with Crippen LogP contribution < -0.4 is 16.2 Å². The molecule has 0 saturated carbocycles. The molecule has 0 fully saturated rings. The Bertz CT molecular complexity index is 406. The first kappa shape index (κ1) is 12.2. The van der Waals surface area contributed by atoms with Gasteiger partial charge in [-0.25, -0.2) is 0 Å². The molecule has 16 heavy (non-hydrogen) atoms. The van der Waals surface area contributed by atoms with Gasteiger partial charge in [-0.2, -0.15) is 13.2 Å². The molecule has 4 nitrogen and oxygen atoms in total. The molecule has 0 unspecified atom stereocenters. The van der Waals surface area contributed by atoms with E-state index in [0.717, 1.165) is 6.92 Å². The van der Waals surface area contributed by atoms with Crippen LogP contribution in [0.2, 0.25) is 0 Å². The van der Waals surface area contributed by atoms with Gasteiger partial charge < -0.3 is 16.2 Å². The van der Waals surface area contributed by atoms with E-state index in [4.69, 9.17) is 11.5 Å². The van der Waals surface area contributed by atoms with Gasteiger partial charge in [0.2, 0.25) is 0 Å². The Labute approximate surface area is 89.0 Å². The molecule has 0 radical (unpaired) electrons. The molecule has 0 amide bonds. The average Bonchev–Trinajstić information content (AvgIpc) is 2.09. The molecule has 0 heterocycles. The molecule has 4 N–H and O–H groups in total. The molecule has 88 valence electrons. The number of esters is 1. The van der Waals surface area contributed by atoms with Crippen molar-refractivity contribution in [3.05, 3.63) is 17.7 Å². The lowest BCUT2D eigenvalue weighted by Crippen LogP contribution is -2.11. The summed E-state index contributed by atoms with van der Waals surface area (Å²) in [5.41, 5.74) is 8.97. The number of benzene rings is 1. The van der Waals surface area contributed by atoms with Crippen LogP contribution in [-0.4, -0.2) is 5.97 Å². The van der Waals surface area contributed by atoms with E-state index < -0.39 is 17.7 Å². The fraction of sp³-hybridized carbons (Fsp3) is 0.222. The van der Waals surface area contributed by atoms with Gasteiger partial charge in [0.25, 0.3) is 0 Å². The Morgan fingerprint density at radius 2 is 1.69 bits per heavy atom. The van der Waals surface area contributed by atoms with Crippen molar-refractivity contribution in [2.75, 3.05) is 11.5 Å². The Morgan fingerprint density at radius 1 is 1.25 bits per heavy atom. The molecule has 1 aromatic rings. The zero-order valence-electron chi connectivity index (χ0n) is 8.26. The molecule has 0 aliphatic carbocycles. The number of hydrogen-bond donors (Lipinski definition) is 2. The van der Waals surface area contributed by atoms with Crippen LogP contribution in [-0.2, 0) is 11.0 Å². The van der Waals surface area contributed by atoms with Gasteiger partial charge in [0.05, 0.1) is 16.9 Å². The van der Waals surface area contributed by atoms with Gasteiger partial charge in [0, 0.05) is 6.92 Å². The van der Waals surface area contributed by atoms with Crippen LogP contribution in [0.15, 0.2) is 12.1 Å². The SMILES string of the molecule is CC(=O)Oc1c(N)cc(C(F)(F)F)cc1N. The molecule has 7 heteroatoms. The van der Waals surface area contributed by atoms with Gasteiger partial charge in [-0.3, -0.25) is 4.79 Å². The fourth-order valence-electron chi connectivity index (χ4n) is 1.10. The quantitative estimate of drug-likeness (QED) is 0.441. The summed E-state index contributed by atoms with van der Waals surface area (Å²) in [5.74, 6) is -0.960. The third kappa shape index (κ3) is 2.56. The average molecular weight is 234 g/mol. The van der Waals surface area contributed by atoms with Gasteiger partial charge in [-0.1, -0.05) is 0 Å². The second-order valence-electron chi connectivity index (χ2n) is 3.08. The molecule has 0 bridgehead atoms. The van der Waals surface area contributed by atoms with Crippen molar-refractivity contribution in [2.45, 2.75) is 13.1 Å². The Hall–Kier alpha value is -1.92. The summed E-state index contributed by atoms with van der Waals surface area (Å²) in [6.07, 6.45) is -4.54. The molecular formula is C9H9F3N2O2. The number of carbonyl (C=O) groups is 1. The van der Waals surface area contributed by atoms with Gasteiger partial charge in [-0.15, -0.1) is 0 Å². The van der Waals surface area contributed by atoms with E-state index in [2.05, 4.69) is 4.74 Å². The van der Waals surface area contributed by atoms with Crippen LogP contribution >= 0.6 is 0 Å². The summed E-state index contributed by atoms with van der Waals surface area (Å²) < 4.78 is 41.6. The minimum atomic E-state index is -4.54. The van der Waals surface area contributed by atoms with Gasteiger partial charge >= 0.3 is 12.1 Å². The highest BCUT2D eigenvalue weighted by atomic mass is 19.4. The highest BCUT2D eigenvalue weighted by Crippen LogP contribution is 2.37. The number of carbonyl (C=O) groups excluding carboxylic acids is 1. The molecule has 0 aliphatic heterocycles.